The van der Waals surface area contributed by atoms with E-state index in [0.29, 0.717) is 6.61 Å². The van der Waals surface area contributed by atoms with E-state index in [1.807, 2.05) is 33.8 Å². The van der Waals surface area contributed by atoms with Crippen LogP contribution in [0.2, 0.25) is 0 Å². The second kappa shape index (κ2) is 5.78. The van der Waals surface area contributed by atoms with Crippen molar-refractivity contribution in [1.82, 2.24) is 4.90 Å². The SMILES string of the molecule is CC1(C)O[C@@H]2[C@@H]([C@H]3COC(C)(C)O3)N(Cc3ccccc3)C[C@@H]2O1. The lowest BCUT2D eigenvalue weighted by Gasteiger charge is -2.33. The predicted molar refractivity (Wildman–Crippen MR) is 89.4 cm³/mol. The van der Waals surface area contributed by atoms with E-state index in [1.54, 1.807) is 0 Å². The van der Waals surface area contributed by atoms with E-state index in [1.165, 1.54) is 5.56 Å². The van der Waals surface area contributed by atoms with Gasteiger partial charge < -0.3 is 18.9 Å². The molecule has 0 N–H and O–H groups in total. The second-order valence-corrected chi connectivity index (χ2v) is 7.91. The first kappa shape index (κ1) is 16.5. The van der Waals surface area contributed by atoms with E-state index in [0.717, 1.165) is 13.1 Å². The van der Waals surface area contributed by atoms with Crippen LogP contribution in [0.1, 0.15) is 33.3 Å². The third-order valence-corrected chi connectivity index (χ3v) is 5.03. The van der Waals surface area contributed by atoms with Crippen molar-refractivity contribution in [2.75, 3.05) is 13.2 Å². The van der Waals surface area contributed by atoms with Crippen molar-refractivity contribution in [3.63, 3.8) is 0 Å². The van der Waals surface area contributed by atoms with Crippen LogP contribution in [0.15, 0.2) is 30.3 Å². The summed E-state index contributed by atoms with van der Waals surface area (Å²) < 4.78 is 24.4. The maximum Gasteiger partial charge on any atom is 0.163 e. The van der Waals surface area contributed by atoms with Crippen molar-refractivity contribution < 1.29 is 18.9 Å². The summed E-state index contributed by atoms with van der Waals surface area (Å²) in [5.41, 5.74) is 1.29. The Kier molecular flexibility index (Phi) is 3.97. The van der Waals surface area contributed by atoms with Crippen molar-refractivity contribution in [3.05, 3.63) is 35.9 Å². The summed E-state index contributed by atoms with van der Waals surface area (Å²) in [5.74, 6) is -1.06. The van der Waals surface area contributed by atoms with Gasteiger partial charge in [-0.3, -0.25) is 4.90 Å². The van der Waals surface area contributed by atoms with Crippen molar-refractivity contribution in [2.45, 2.75) is 70.2 Å². The van der Waals surface area contributed by atoms with Gasteiger partial charge in [0.25, 0.3) is 0 Å². The molecule has 3 saturated heterocycles. The number of nitrogens with zero attached hydrogens (tertiary/aromatic N) is 1. The van der Waals surface area contributed by atoms with Crippen LogP contribution in [0.3, 0.4) is 0 Å². The van der Waals surface area contributed by atoms with E-state index < -0.39 is 11.6 Å². The molecule has 3 heterocycles. The van der Waals surface area contributed by atoms with Crippen LogP contribution in [-0.4, -0.2) is 54.0 Å². The molecule has 0 spiro atoms. The van der Waals surface area contributed by atoms with Crippen LogP contribution in [0.5, 0.6) is 0 Å². The number of benzene rings is 1. The molecule has 4 atom stereocenters. The van der Waals surface area contributed by atoms with Crippen LogP contribution in [-0.2, 0) is 25.5 Å². The Morgan fingerprint density at radius 3 is 2.33 bits per heavy atom. The molecule has 3 fully saturated rings. The summed E-state index contributed by atoms with van der Waals surface area (Å²) in [6, 6.07) is 10.7. The molecule has 3 aliphatic rings. The molecule has 5 nitrogen and oxygen atoms in total. The Balaban J connectivity index is 1.57. The zero-order chi connectivity index (χ0) is 16.9. The fourth-order valence-corrected chi connectivity index (χ4v) is 4.17. The minimum atomic E-state index is -0.532. The third kappa shape index (κ3) is 3.11. The highest BCUT2D eigenvalue weighted by Crippen LogP contribution is 2.41. The highest BCUT2D eigenvalue weighted by molar-refractivity contribution is 5.16. The lowest BCUT2D eigenvalue weighted by Crippen LogP contribution is -2.47. The summed E-state index contributed by atoms with van der Waals surface area (Å²) in [4.78, 5) is 2.43. The number of ether oxygens (including phenoxy) is 4. The number of likely N-dealkylation sites (tertiary alicyclic amines) is 1. The van der Waals surface area contributed by atoms with Gasteiger partial charge in [-0.15, -0.1) is 0 Å². The van der Waals surface area contributed by atoms with Crippen molar-refractivity contribution in [3.8, 4) is 0 Å². The highest BCUT2D eigenvalue weighted by Gasteiger charge is 2.56. The quantitative estimate of drug-likeness (QED) is 0.850. The molecule has 0 saturated carbocycles. The molecule has 0 amide bonds. The maximum absolute atomic E-state index is 6.23. The van der Waals surface area contributed by atoms with Gasteiger partial charge >= 0.3 is 0 Å². The summed E-state index contributed by atoms with van der Waals surface area (Å²) in [6.07, 6.45) is 0.100. The summed E-state index contributed by atoms with van der Waals surface area (Å²) in [6.45, 7) is 10.2. The van der Waals surface area contributed by atoms with Crippen LogP contribution < -0.4 is 0 Å². The third-order valence-electron chi connectivity index (χ3n) is 5.03. The Hall–Kier alpha value is -0.980. The average molecular weight is 333 g/mol. The van der Waals surface area contributed by atoms with Crippen LogP contribution in [0.4, 0.5) is 0 Å². The smallest absolute Gasteiger partial charge is 0.163 e. The number of hydrogen-bond acceptors (Lipinski definition) is 5. The first-order valence-corrected chi connectivity index (χ1v) is 8.78. The van der Waals surface area contributed by atoms with E-state index >= 15 is 0 Å². The van der Waals surface area contributed by atoms with Crippen LogP contribution in [0, 0.1) is 0 Å². The molecule has 0 aromatic heterocycles. The van der Waals surface area contributed by atoms with Gasteiger partial charge in [-0.25, -0.2) is 0 Å². The molecular formula is C19H27NO4. The van der Waals surface area contributed by atoms with Gasteiger partial charge in [-0.1, -0.05) is 30.3 Å². The van der Waals surface area contributed by atoms with Gasteiger partial charge in [0.15, 0.2) is 11.6 Å². The van der Waals surface area contributed by atoms with Crippen LogP contribution in [0.25, 0.3) is 0 Å². The van der Waals surface area contributed by atoms with Gasteiger partial charge in [0, 0.05) is 13.1 Å². The molecule has 0 unspecified atom stereocenters. The number of rotatable bonds is 3. The topological polar surface area (TPSA) is 40.2 Å². The first-order chi connectivity index (χ1) is 11.3. The van der Waals surface area contributed by atoms with Gasteiger partial charge in [0.2, 0.25) is 0 Å². The second-order valence-electron chi connectivity index (χ2n) is 7.91. The van der Waals surface area contributed by atoms with Crippen molar-refractivity contribution >= 4 is 0 Å². The molecule has 132 valence electrons. The Morgan fingerprint density at radius 1 is 0.958 bits per heavy atom. The number of fused-ring (bicyclic) bond motifs is 1. The molecule has 5 heteroatoms. The maximum atomic E-state index is 6.23. The molecule has 24 heavy (non-hydrogen) atoms. The molecular weight excluding hydrogens is 306 g/mol. The Labute approximate surface area is 143 Å². The van der Waals surface area contributed by atoms with Gasteiger partial charge in [0.05, 0.1) is 12.6 Å². The van der Waals surface area contributed by atoms with E-state index in [2.05, 4.69) is 29.2 Å². The summed E-state index contributed by atoms with van der Waals surface area (Å²) in [7, 11) is 0. The average Bonchev–Trinajstić information content (AvgIpc) is 3.09. The zero-order valence-corrected chi connectivity index (χ0v) is 14.9. The van der Waals surface area contributed by atoms with Crippen molar-refractivity contribution in [2.24, 2.45) is 0 Å². The van der Waals surface area contributed by atoms with E-state index in [-0.39, 0.29) is 24.4 Å². The lowest BCUT2D eigenvalue weighted by molar-refractivity contribution is -0.177. The van der Waals surface area contributed by atoms with Gasteiger partial charge in [-0.05, 0) is 33.3 Å². The molecule has 1 aromatic carbocycles. The first-order valence-electron chi connectivity index (χ1n) is 8.78. The molecule has 0 aliphatic carbocycles. The number of hydrogen-bond donors (Lipinski definition) is 0. The monoisotopic (exact) mass is 333 g/mol. The minimum Gasteiger partial charge on any atom is -0.348 e. The standard InChI is InChI=1S/C19H27NO4/c1-18(2)21-12-15(23-18)16-17-14(22-19(3,4)24-17)11-20(16)10-13-8-6-5-7-9-13/h5-9,14-17H,10-12H2,1-4H3/t14-,15+,16+,17-/m0/s1. The van der Waals surface area contributed by atoms with E-state index in [9.17, 15) is 0 Å². The van der Waals surface area contributed by atoms with E-state index in [4.69, 9.17) is 18.9 Å². The summed E-state index contributed by atoms with van der Waals surface area (Å²) in [5, 5.41) is 0. The molecule has 4 rings (SSSR count). The zero-order valence-electron chi connectivity index (χ0n) is 14.9. The van der Waals surface area contributed by atoms with Gasteiger partial charge in [-0.2, -0.15) is 0 Å². The fraction of sp³-hybridized carbons (Fsp3) is 0.684. The fourth-order valence-electron chi connectivity index (χ4n) is 4.17. The van der Waals surface area contributed by atoms with Crippen molar-refractivity contribution in [1.29, 1.82) is 0 Å². The van der Waals surface area contributed by atoms with Crippen LogP contribution >= 0.6 is 0 Å². The Morgan fingerprint density at radius 2 is 1.67 bits per heavy atom. The van der Waals surface area contributed by atoms with Gasteiger partial charge in [0.1, 0.15) is 18.3 Å². The normalized spacial score (nSPS) is 37.7. The lowest BCUT2D eigenvalue weighted by atomic mass is 10.0. The highest BCUT2D eigenvalue weighted by atomic mass is 16.8. The largest absolute Gasteiger partial charge is 0.348 e. The molecule has 1 aromatic rings. The predicted octanol–water partition coefficient (Wildman–Crippen LogP) is 2.54. The molecule has 3 aliphatic heterocycles. The minimum absolute atomic E-state index is 0.00351. The Bertz CT molecular complexity index is 588. The summed E-state index contributed by atoms with van der Waals surface area (Å²) >= 11 is 0. The molecule has 0 bridgehead atoms. The molecule has 0 radical (unpaired) electrons.